The van der Waals surface area contributed by atoms with Crippen molar-refractivity contribution in [2.24, 2.45) is 0 Å². The summed E-state index contributed by atoms with van der Waals surface area (Å²) < 4.78 is 2.03. The number of Topliss-reactive ketones (excluding diaryl/α,β-unsaturated/α-hetero) is 1. The Morgan fingerprint density at radius 3 is 1.55 bits per heavy atom. The second-order valence-corrected chi connectivity index (χ2v) is 6.92. The molecule has 0 saturated heterocycles. The molecule has 1 aliphatic carbocycles. The molecule has 1 fully saturated rings. The van der Waals surface area contributed by atoms with Crippen LogP contribution in [0.1, 0.15) is 24.0 Å². The van der Waals surface area contributed by atoms with Crippen molar-refractivity contribution in [3.8, 4) is 0 Å². The average Bonchev–Trinajstić information content (AvgIpc) is 2.85. The molecule has 0 unspecified atom stereocenters. The first kappa shape index (κ1) is 15.4. The summed E-state index contributed by atoms with van der Waals surface area (Å²) >= 11 is 7.05. The third kappa shape index (κ3) is 3.31. The second-order valence-electron chi connectivity index (χ2n) is 5.21. The topological polar surface area (TPSA) is 17.1 Å². The first-order valence-corrected chi connectivity index (χ1v) is 8.68. The van der Waals surface area contributed by atoms with E-state index in [2.05, 4.69) is 31.9 Å². The van der Waals surface area contributed by atoms with Gasteiger partial charge in [0.05, 0.1) is 0 Å². The summed E-state index contributed by atoms with van der Waals surface area (Å²) in [5.41, 5.74) is 3.86. The minimum atomic E-state index is 0.159. The zero-order valence-electron chi connectivity index (χ0n) is 11.9. The van der Waals surface area contributed by atoms with Gasteiger partial charge in [-0.2, -0.15) is 0 Å². The normalized spacial score (nSPS) is 18.4. The molecule has 1 saturated carbocycles. The molecular formula is C19H14Br2O. The molecule has 0 radical (unpaired) electrons. The number of rotatable bonds is 2. The van der Waals surface area contributed by atoms with Crippen LogP contribution in [0.4, 0.5) is 0 Å². The molecule has 2 aromatic carbocycles. The Balaban J connectivity index is 1.90. The summed E-state index contributed by atoms with van der Waals surface area (Å²) in [6, 6.07) is 15.9. The molecule has 22 heavy (non-hydrogen) atoms. The summed E-state index contributed by atoms with van der Waals surface area (Å²) in [7, 11) is 0. The zero-order chi connectivity index (χ0) is 15.5. The van der Waals surface area contributed by atoms with Crippen LogP contribution in [-0.4, -0.2) is 5.78 Å². The van der Waals surface area contributed by atoms with E-state index in [-0.39, 0.29) is 5.78 Å². The highest BCUT2D eigenvalue weighted by Gasteiger charge is 2.23. The van der Waals surface area contributed by atoms with Gasteiger partial charge in [0.2, 0.25) is 0 Å². The molecule has 110 valence electrons. The van der Waals surface area contributed by atoms with E-state index in [4.69, 9.17) is 0 Å². The summed E-state index contributed by atoms with van der Waals surface area (Å²) in [5.74, 6) is 0.159. The highest BCUT2D eigenvalue weighted by molar-refractivity contribution is 9.10. The lowest BCUT2D eigenvalue weighted by molar-refractivity contribution is -0.111. The van der Waals surface area contributed by atoms with Gasteiger partial charge in [-0.3, -0.25) is 4.79 Å². The smallest absolute Gasteiger partial charge is 0.185 e. The number of allylic oxidation sites excluding steroid dienone is 2. The third-order valence-electron chi connectivity index (χ3n) is 3.72. The summed E-state index contributed by atoms with van der Waals surface area (Å²) in [6.45, 7) is 0. The first-order chi connectivity index (χ1) is 10.6. The van der Waals surface area contributed by atoms with Crippen LogP contribution < -0.4 is 0 Å². The van der Waals surface area contributed by atoms with E-state index < -0.39 is 0 Å². The van der Waals surface area contributed by atoms with E-state index in [1.165, 1.54) is 0 Å². The van der Waals surface area contributed by atoms with Gasteiger partial charge in [-0.1, -0.05) is 68.3 Å². The van der Waals surface area contributed by atoms with Gasteiger partial charge in [0, 0.05) is 20.1 Å². The highest BCUT2D eigenvalue weighted by Crippen LogP contribution is 2.32. The van der Waals surface area contributed by atoms with Crippen molar-refractivity contribution in [2.45, 2.75) is 12.8 Å². The molecule has 0 aromatic heterocycles. The van der Waals surface area contributed by atoms with Crippen molar-refractivity contribution in [3.63, 3.8) is 0 Å². The number of carbonyl (C=O) groups excluding carboxylic acids is 1. The number of ketones is 1. The number of benzene rings is 2. The first-order valence-electron chi connectivity index (χ1n) is 7.10. The lowest BCUT2D eigenvalue weighted by atomic mass is 10.1. The van der Waals surface area contributed by atoms with Gasteiger partial charge in [-0.05, 0) is 48.3 Å². The number of hydrogen-bond acceptors (Lipinski definition) is 1. The van der Waals surface area contributed by atoms with E-state index in [0.29, 0.717) is 0 Å². The van der Waals surface area contributed by atoms with Gasteiger partial charge >= 0.3 is 0 Å². The van der Waals surface area contributed by atoms with E-state index >= 15 is 0 Å². The summed E-state index contributed by atoms with van der Waals surface area (Å²) in [6.07, 6.45) is 5.59. The number of halogens is 2. The molecule has 1 aliphatic rings. The van der Waals surface area contributed by atoms with E-state index in [1.807, 2.05) is 60.7 Å². The van der Waals surface area contributed by atoms with Crippen LogP contribution in [0.15, 0.2) is 68.6 Å². The maximum Gasteiger partial charge on any atom is 0.185 e. The Labute approximate surface area is 147 Å². The molecule has 0 heterocycles. The molecule has 0 aliphatic heterocycles. The Morgan fingerprint density at radius 1 is 0.727 bits per heavy atom. The van der Waals surface area contributed by atoms with Gasteiger partial charge in [0.1, 0.15) is 0 Å². The van der Waals surface area contributed by atoms with Crippen molar-refractivity contribution in [3.05, 3.63) is 79.7 Å². The molecule has 0 spiro atoms. The fourth-order valence-electron chi connectivity index (χ4n) is 2.54. The van der Waals surface area contributed by atoms with E-state index in [9.17, 15) is 4.79 Å². The third-order valence-corrected chi connectivity index (χ3v) is 5.16. The zero-order valence-corrected chi connectivity index (χ0v) is 15.0. The maximum atomic E-state index is 12.6. The molecular weight excluding hydrogens is 404 g/mol. The van der Waals surface area contributed by atoms with E-state index in [1.54, 1.807) is 0 Å². The monoisotopic (exact) mass is 416 g/mol. The fraction of sp³-hybridized carbons (Fsp3) is 0.105. The van der Waals surface area contributed by atoms with Crippen molar-refractivity contribution in [2.75, 3.05) is 0 Å². The van der Waals surface area contributed by atoms with Crippen molar-refractivity contribution >= 4 is 49.8 Å². The minimum absolute atomic E-state index is 0.159. The average molecular weight is 418 g/mol. The fourth-order valence-corrected chi connectivity index (χ4v) is 3.34. The Bertz CT molecular complexity index is 722. The molecule has 0 amide bonds. The van der Waals surface area contributed by atoms with Crippen molar-refractivity contribution in [1.29, 1.82) is 0 Å². The Morgan fingerprint density at radius 2 is 1.14 bits per heavy atom. The SMILES string of the molecule is O=C1/C(=C/c2ccccc2Br)CC/C1=C\c1ccccc1Br. The van der Waals surface area contributed by atoms with Crippen LogP contribution in [0.3, 0.4) is 0 Å². The second kappa shape index (κ2) is 6.76. The van der Waals surface area contributed by atoms with Gasteiger partial charge in [-0.25, -0.2) is 0 Å². The number of carbonyl (C=O) groups is 1. The quantitative estimate of drug-likeness (QED) is 0.544. The minimum Gasteiger partial charge on any atom is -0.289 e. The lowest BCUT2D eigenvalue weighted by Crippen LogP contribution is -1.96. The van der Waals surface area contributed by atoms with Gasteiger partial charge < -0.3 is 0 Å². The predicted molar refractivity (Wildman–Crippen MR) is 98.5 cm³/mol. The van der Waals surface area contributed by atoms with E-state index in [0.717, 1.165) is 44.1 Å². The van der Waals surface area contributed by atoms with Crippen LogP contribution >= 0.6 is 31.9 Å². The molecule has 1 nitrogen and oxygen atoms in total. The van der Waals surface area contributed by atoms with Gasteiger partial charge in [0.25, 0.3) is 0 Å². The van der Waals surface area contributed by atoms with Crippen LogP contribution in [0.25, 0.3) is 12.2 Å². The lowest BCUT2D eigenvalue weighted by Gasteiger charge is -2.01. The van der Waals surface area contributed by atoms with Crippen molar-refractivity contribution in [1.82, 2.24) is 0 Å². The van der Waals surface area contributed by atoms with Crippen LogP contribution in [-0.2, 0) is 4.79 Å². The standard InChI is InChI=1S/C19H14Br2O/c20-17-7-3-1-5-13(17)11-15-9-10-16(19(15)22)12-14-6-2-4-8-18(14)21/h1-8,11-12H,9-10H2/b15-11+,16-12+. The Kier molecular flexibility index (Phi) is 4.74. The molecule has 0 N–H and O–H groups in total. The van der Waals surface area contributed by atoms with Crippen LogP contribution in [0.5, 0.6) is 0 Å². The highest BCUT2D eigenvalue weighted by atomic mass is 79.9. The number of hydrogen-bond donors (Lipinski definition) is 0. The molecule has 3 rings (SSSR count). The van der Waals surface area contributed by atoms with Gasteiger partial charge in [0.15, 0.2) is 5.78 Å². The van der Waals surface area contributed by atoms with Crippen molar-refractivity contribution < 1.29 is 4.79 Å². The molecule has 0 bridgehead atoms. The molecule has 3 heteroatoms. The molecule has 2 aromatic rings. The Hall–Kier alpha value is -1.45. The van der Waals surface area contributed by atoms with Crippen LogP contribution in [0, 0.1) is 0 Å². The molecule has 0 atom stereocenters. The van der Waals surface area contributed by atoms with Gasteiger partial charge in [-0.15, -0.1) is 0 Å². The summed E-state index contributed by atoms with van der Waals surface area (Å²) in [5, 5.41) is 0. The largest absolute Gasteiger partial charge is 0.289 e. The summed E-state index contributed by atoms with van der Waals surface area (Å²) in [4.78, 5) is 12.6. The maximum absolute atomic E-state index is 12.6. The predicted octanol–water partition coefficient (Wildman–Crippen LogP) is 6.04. The van der Waals surface area contributed by atoms with Crippen LogP contribution in [0.2, 0.25) is 0 Å².